The summed E-state index contributed by atoms with van der Waals surface area (Å²) in [5, 5.41) is 3.45. The lowest BCUT2D eigenvalue weighted by Gasteiger charge is -2.30. The Morgan fingerprint density at radius 1 is 1.17 bits per heavy atom. The molecule has 0 atom stereocenters. The number of aryl methyl sites for hydroxylation is 1. The van der Waals surface area contributed by atoms with Crippen molar-refractivity contribution in [3.63, 3.8) is 0 Å². The number of nitrogens with one attached hydrogen (secondary N) is 1. The molecule has 0 aliphatic carbocycles. The van der Waals surface area contributed by atoms with Gasteiger partial charge in [0.2, 0.25) is 0 Å². The molecule has 29 heavy (non-hydrogen) atoms. The lowest BCUT2D eigenvalue weighted by molar-refractivity contribution is 0.0947. The zero-order valence-corrected chi connectivity index (χ0v) is 18.1. The standard InChI is InChI=1S/C21H25ClN2O4S/c1-3-29(26,27)19-13-18(24-8-10-28-11-9-24)12-15(2)20(19)21(25)23-14-16-4-6-17(22)7-5-16/h4-7,12-13H,3,8-11,14H2,1-2H3,(H,23,25). The first-order chi connectivity index (χ1) is 13.8. The molecule has 2 aromatic rings. The normalized spacial score (nSPS) is 14.7. The summed E-state index contributed by atoms with van der Waals surface area (Å²) < 4.78 is 31.0. The Morgan fingerprint density at radius 2 is 1.83 bits per heavy atom. The van der Waals surface area contributed by atoms with Crippen molar-refractivity contribution in [3.8, 4) is 0 Å². The number of ether oxygens (including phenoxy) is 1. The van der Waals surface area contributed by atoms with E-state index in [-0.39, 0.29) is 22.8 Å². The maximum atomic E-state index is 12.9. The van der Waals surface area contributed by atoms with E-state index in [9.17, 15) is 13.2 Å². The summed E-state index contributed by atoms with van der Waals surface area (Å²) in [4.78, 5) is 15.1. The highest BCUT2D eigenvalue weighted by Gasteiger charge is 2.25. The second-order valence-electron chi connectivity index (χ2n) is 6.95. The molecule has 1 aliphatic heterocycles. The van der Waals surface area contributed by atoms with Gasteiger partial charge in [-0.2, -0.15) is 0 Å². The Labute approximate surface area is 176 Å². The zero-order chi connectivity index (χ0) is 21.0. The molecule has 1 fully saturated rings. The van der Waals surface area contributed by atoms with E-state index in [4.69, 9.17) is 16.3 Å². The van der Waals surface area contributed by atoms with Gasteiger partial charge >= 0.3 is 0 Å². The average Bonchev–Trinajstić information content (AvgIpc) is 2.73. The number of hydrogen-bond acceptors (Lipinski definition) is 5. The number of anilines is 1. The first-order valence-electron chi connectivity index (χ1n) is 9.54. The van der Waals surface area contributed by atoms with E-state index >= 15 is 0 Å². The monoisotopic (exact) mass is 436 g/mol. The van der Waals surface area contributed by atoms with E-state index in [1.165, 1.54) is 0 Å². The van der Waals surface area contributed by atoms with Gasteiger partial charge in [0, 0.05) is 30.3 Å². The van der Waals surface area contributed by atoms with E-state index in [0.717, 1.165) is 11.3 Å². The highest BCUT2D eigenvalue weighted by Crippen LogP contribution is 2.28. The predicted molar refractivity (Wildman–Crippen MR) is 115 cm³/mol. The van der Waals surface area contributed by atoms with Crippen molar-refractivity contribution in [1.82, 2.24) is 5.32 Å². The molecule has 0 spiro atoms. The molecule has 0 unspecified atom stereocenters. The number of nitrogens with zero attached hydrogens (tertiary/aromatic N) is 1. The smallest absolute Gasteiger partial charge is 0.253 e. The molecule has 1 N–H and O–H groups in total. The maximum Gasteiger partial charge on any atom is 0.253 e. The Hall–Kier alpha value is -2.09. The van der Waals surface area contributed by atoms with E-state index in [1.54, 1.807) is 32.0 Å². The van der Waals surface area contributed by atoms with E-state index < -0.39 is 15.7 Å². The number of halogens is 1. The van der Waals surface area contributed by atoms with Crippen molar-refractivity contribution in [3.05, 3.63) is 58.1 Å². The molecule has 1 aliphatic rings. The van der Waals surface area contributed by atoms with E-state index in [1.807, 2.05) is 18.2 Å². The Bertz CT molecular complexity index is 984. The number of morpholine rings is 1. The van der Waals surface area contributed by atoms with Crippen LogP contribution in [0, 0.1) is 6.92 Å². The van der Waals surface area contributed by atoms with Crippen LogP contribution in [-0.4, -0.2) is 46.4 Å². The number of carbonyl (C=O) groups is 1. The molecule has 0 saturated carbocycles. The zero-order valence-electron chi connectivity index (χ0n) is 16.6. The number of hydrogen-bond donors (Lipinski definition) is 1. The molecule has 6 nitrogen and oxygen atoms in total. The summed E-state index contributed by atoms with van der Waals surface area (Å²) in [5.41, 5.74) is 2.52. The van der Waals surface area contributed by atoms with Crippen LogP contribution < -0.4 is 10.2 Å². The number of sulfone groups is 1. The van der Waals surface area contributed by atoms with Gasteiger partial charge in [0.25, 0.3) is 5.91 Å². The fourth-order valence-corrected chi connectivity index (χ4v) is 4.61. The number of amides is 1. The van der Waals surface area contributed by atoms with Gasteiger partial charge in [-0.15, -0.1) is 0 Å². The molecule has 2 aromatic carbocycles. The van der Waals surface area contributed by atoms with Crippen LogP contribution >= 0.6 is 11.6 Å². The molecule has 8 heteroatoms. The first kappa shape index (κ1) is 21.6. The van der Waals surface area contributed by atoms with Crippen molar-refractivity contribution < 1.29 is 17.9 Å². The summed E-state index contributed by atoms with van der Waals surface area (Å²) in [6.07, 6.45) is 0. The lowest BCUT2D eigenvalue weighted by atomic mass is 10.1. The SMILES string of the molecule is CCS(=O)(=O)c1cc(N2CCOCC2)cc(C)c1C(=O)NCc1ccc(Cl)cc1. The number of rotatable bonds is 6. The molecule has 156 valence electrons. The van der Waals surface area contributed by atoms with Gasteiger partial charge in [0.1, 0.15) is 0 Å². The molecule has 1 saturated heterocycles. The Kier molecular flexibility index (Phi) is 6.82. The molecule has 1 amide bonds. The van der Waals surface area contributed by atoms with Gasteiger partial charge in [-0.05, 0) is 42.3 Å². The summed E-state index contributed by atoms with van der Waals surface area (Å²) in [6, 6.07) is 10.6. The maximum absolute atomic E-state index is 12.9. The molecule has 0 bridgehead atoms. The molecular weight excluding hydrogens is 412 g/mol. The summed E-state index contributed by atoms with van der Waals surface area (Å²) in [7, 11) is -3.58. The van der Waals surface area contributed by atoms with Crippen molar-refractivity contribution >= 4 is 33.0 Å². The molecule has 3 rings (SSSR count). The second kappa shape index (κ2) is 9.15. The third kappa shape index (κ3) is 5.10. The van der Waals surface area contributed by atoms with Crippen molar-refractivity contribution in [1.29, 1.82) is 0 Å². The van der Waals surface area contributed by atoms with Gasteiger partial charge in [-0.1, -0.05) is 30.7 Å². The van der Waals surface area contributed by atoms with Crippen LogP contribution in [0.15, 0.2) is 41.3 Å². The highest BCUT2D eigenvalue weighted by atomic mass is 35.5. The van der Waals surface area contributed by atoms with Gasteiger partial charge in [0.05, 0.1) is 29.4 Å². The minimum absolute atomic E-state index is 0.0729. The van der Waals surface area contributed by atoms with Crippen LogP contribution in [0.4, 0.5) is 5.69 Å². The average molecular weight is 437 g/mol. The molecule has 0 radical (unpaired) electrons. The molecule has 0 aromatic heterocycles. The van der Waals surface area contributed by atoms with Gasteiger partial charge in [-0.3, -0.25) is 4.79 Å². The van der Waals surface area contributed by atoms with Gasteiger partial charge in [-0.25, -0.2) is 8.42 Å². The molecular formula is C21H25ClN2O4S. The minimum Gasteiger partial charge on any atom is -0.378 e. The van der Waals surface area contributed by atoms with Crippen LogP contribution in [0.25, 0.3) is 0 Å². The summed E-state index contributed by atoms with van der Waals surface area (Å²) in [6.45, 7) is 6.21. The lowest BCUT2D eigenvalue weighted by Crippen LogP contribution is -2.36. The highest BCUT2D eigenvalue weighted by molar-refractivity contribution is 7.91. The minimum atomic E-state index is -3.58. The predicted octanol–water partition coefficient (Wildman–Crippen LogP) is 3.21. The second-order valence-corrected chi connectivity index (χ2v) is 9.63. The Balaban J connectivity index is 1.93. The summed E-state index contributed by atoms with van der Waals surface area (Å²) >= 11 is 5.89. The third-order valence-electron chi connectivity index (χ3n) is 4.97. The van der Waals surface area contributed by atoms with Gasteiger partial charge < -0.3 is 15.0 Å². The quantitative estimate of drug-likeness (QED) is 0.752. The van der Waals surface area contributed by atoms with E-state index in [0.29, 0.717) is 36.9 Å². The third-order valence-corrected chi connectivity index (χ3v) is 6.97. The van der Waals surface area contributed by atoms with Crippen molar-refractivity contribution in [2.24, 2.45) is 0 Å². The van der Waals surface area contributed by atoms with Crippen LogP contribution in [0.2, 0.25) is 5.02 Å². The van der Waals surface area contributed by atoms with Gasteiger partial charge in [0.15, 0.2) is 9.84 Å². The van der Waals surface area contributed by atoms with Crippen LogP contribution in [0.1, 0.15) is 28.4 Å². The Morgan fingerprint density at radius 3 is 2.45 bits per heavy atom. The topological polar surface area (TPSA) is 75.7 Å². The fourth-order valence-electron chi connectivity index (χ4n) is 3.31. The van der Waals surface area contributed by atoms with Crippen molar-refractivity contribution in [2.45, 2.75) is 25.3 Å². The van der Waals surface area contributed by atoms with Crippen LogP contribution in [0.5, 0.6) is 0 Å². The fraction of sp³-hybridized carbons (Fsp3) is 0.381. The summed E-state index contributed by atoms with van der Waals surface area (Å²) in [5.74, 6) is -0.478. The number of carbonyl (C=O) groups excluding carboxylic acids is 1. The van der Waals surface area contributed by atoms with E-state index in [2.05, 4.69) is 10.2 Å². The van der Waals surface area contributed by atoms with Crippen LogP contribution in [-0.2, 0) is 21.1 Å². The van der Waals surface area contributed by atoms with Crippen LogP contribution in [0.3, 0.4) is 0 Å². The number of benzene rings is 2. The largest absolute Gasteiger partial charge is 0.378 e. The van der Waals surface area contributed by atoms with Crippen molar-refractivity contribution in [2.75, 3.05) is 37.0 Å². The first-order valence-corrected chi connectivity index (χ1v) is 11.6. The molecule has 1 heterocycles.